The van der Waals surface area contributed by atoms with Crippen LogP contribution in [0.4, 0.5) is 0 Å². The van der Waals surface area contributed by atoms with E-state index in [1.165, 1.54) is 15.6 Å². The van der Waals surface area contributed by atoms with Crippen LogP contribution in [-0.2, 0) is 10.4 Å². The lowest BCUT2D eigenvalue weighted by Crippen LogP contribution is -2.52. The summed E-state index contributed by atoms with van der Waals surface area (Å²) in [4.78, 5) is 12.4. The summed E-state index contributed by atoms with van der Waals surface area (Å²) in [5.41, 5.74) is 6.11. The fourth-order valence-electron chi connectivity index (χ4n) is 2.31. The van der Waals surface area contributed by atoms with Crippen LogP contribution in [0, 0.1) is 0 Å². The van der Waals surface area contributed by atoms with E-state index in [0.717, 1.165) is 5.69 Å². The van der Waals surface area contributed by atoms with E-state index in [1.807, 2.05) is 30.3 Å². The molecular formula is C13H16N4O2. The van der Waals surface area contributed by atoms with Crippen molar-refractivity contribution in [3.05, 3.63) is 47.1 Å². The Bertz CT molecular complexity index is 611. The first-order chi connectivity index (χ1) is 9.21. The van der Waals surface area contributed by atoms with Crippen molar-refractivity contribution in [1.29, 1.82) is 0 Å². The minimum Gasteiger partial charge on any atom is -0.381 e. The van der Waals surface area contributed by atoms with Crippen LogP contribution in [0.5, 0.6) is 0 Å². The molecule has 100 valence electrons. The van der Waals surface area contributed by atoms with Crippen molar-refractivity contribution in [2.45, 2.75) is 18.5 Å². The molecule has 3 rings (SSSR count). The predicted octanol–water partition coefficient (Wildman–Crippen LogP) is 0.456. The van der Waals surface area contributed by atoms with Gasteiger partial charge in [0.15, 0.2) is 0 Å². The van der Waals surface area contributed by atoms with Crippen LogP contribution in [-0.4, -0.2) is 27.6 Å². The lowest BCUT2D eigenvalue weighted by atomic mass is 10.0. The third kappa shape index (κ3) is 2.09. The first-order valence-corrected chi connectivity index (χ1v) is 6.30. The number of aromatic nitrogens is 3. The summed E-state index contributed by atoms with van der Waals surface area (Å²) in [6, 6.07) is 9.39. The summed E-state index contributed by atoms with van der Waals surface area (Å²) in [5.74, 6) is 0. The van der Waals surface area contributed by atoms with Gasteiger partial charge in [0, 0.05) is 12.8 Å². The maximum atomic E-state index is 12.4. The van der Waals surface area contributed by atoms with Gasteiger partial charge in [-0.25, -0.2) is 9.36 Å². The molecule has 1 aromatic heterocycles. The quantitative estimate of drug-likeness (QED) is 0.851. The van der Waals surface area contributed by atoms with Gasteiger partial charge in [-0.1, -0.05) is 18.2 Å². The third-order valence-corrected chi connectivity index (χ3v) is 3.48. The zero-order valence-corrected chi connectivity index (χ0v) is 10.5. The fraction of sp³-hybridized carbons (Fsp3) is 0.385. The van der Waals surface area contributed by atoms with Gasteiger partial charge in [0.1, 0.15) is 12.0 Å². The number of hydrogen-bond acceptors (Lipinski definition) is 4. The second-order valence-corrected chi connectivity index (χ2v) is 4.75. The molecule has 2 heterocycles. The maximum absolute atomic E-state index is 12.4. The predicted molar refractivity (Wildman–Crippen MR) is 70.0 cm³/mol. The molecule has 0 radical (unpaired) electrons. The van der Waals surface area contributed by atoms with Crippen LogP contribution in [0.1, 0.15) is 12.8 Å². The van der Waals surface area contributed by atoms with Crippen molar-refractivity contribution in [3.8, 4) is 5.69 Å². The van der Waals surface area contributed by atoms with Gasteiger partial charge in [0.25, 0.3) is 0 Å². The summed E-state index contributed by atoms with van der Waals surface area (Å²) < 4.78 is 8.17. The second-order valence-electron chi connectivity index (χ2n) is 4.75. The standard InChI is InChI=1S/C13H16N4O2/c14-13(6-8-19-9-7-13)17-12(18)16(10-15-17)11-4-2-1-3-5-11/h1-5,10H,6-9,14H2. The summed E-state index contributed by atoms with van der Waals surface area (Å²) in [6.45, 7) is 1.11. The minimum absolute atomic E-state index is 0.212. The Morgan fingerprint density at radius 3 is 2.58 bits per heavy atom. The van der Waals surface area contributed by atoms with Gasteiger partial charge in [-0.15, -0.1) is 0 Å². The van der Waals surface area contributed by atoms with Gasteiger partial charge in [0.05, 0.1) is 18.9 Å². The Hall–Kier alpha value is -1.92. The van der Waals surface area contributed by atoms with Crippen LogP contribution < -0.4 is 11.4 Å². The molecule has 19 heavy (non-hydrogen) atoms. The fourth-order valence-corrected chi connectivity index (χ4v) is 2.31. The van der Waals surface area contributed by atoms with E-state index >= 15 is 0 Å². The highest BCUT2D eigenvalue weighted by Crippen LogP contribution is 2.20. The van der Waals surface area contributed by atoms with Crippen molar-refractivity contribution in [2.24, 2.45) is 5.73 Å². The Balaban J connectivity index is 2.02. The molecule has 2 N–H and O–H groups in total. The molecule has 0 spiro atoms. The average molecular weight is 260 g/mol. The van der Waals surface area contributed by atoms with E-state index in [1.54, 1.807) is 0 Å². The molecule has 1 saturated heterocycles. The first-order valence-electron chi connectivity index (χ1n) is 6.30. The highest BCUT2D eigenvalue weighted by Gasteiger charge is 2.33. The molecule has 0 saturated carbocycles. The number of para-hydroxylation sites is 1. The van der Waals surface area contributed by atoms with Crippen molar-refractivity contribution in [1.82, 2.24) is 14.3 Å². The molecule has 0 amide bonds. The highest BCUT2D eigenvalue weighted by atomic mass is 16.5. The van der Waals surface area contributed by atoms with Gasteiger partial charge in [-0.3, -0.25) is 0 Å². The zero-order chi connectivity index (χ0) is 13.3. The summed E-state index contributed by atoms with van der Waals surface area (Å²) in [5, 5.41) is 4.17. The Morgan fingerprint density at radius 1 is 1.21 bits per heavy atom. The topological polar surface area (TPSA) is 75.1 Å². The number of nitrogens with zero attached hydrogens (tertiary/aromatic N) is 3. The van der Waals surface area contributed by atoms with E-state index in [2.05, 4.69) is 5.10 Å². The molecule has 1 aliphatic heterocycles. The molecule has 1 fully saturated rings. The van der Waals surface area contributed by atoms with Gasteiger partial charge >= 0.3 is 5.69 Å². The van der Waals surface area contributed by atoms with E-state index in [0.29, 0.717) is 26.1 Å². The molecular weight excluding hydrogens is 244 g/mol. The monoisotopic (exact) mass is 260 g/mol. The van der Waals surface area contributed by atoms with Crippen LogP contribution in [0.15, 0.2) is 41.5 Å². The van der Waals surface area contributed by atoms with Crippen LogP contribution in [0.25, 0.3) is 5.69 Å². The van der Waals surface area contributed by atoms with Crippen molar-refractivity contribution < 1.29 is 4.74 Å². The zero-order valence-electron chi connectivity index (χ0n) is 10.5. The first kappa shape index (κ1) is 12.1. The van der Waals surface area contributed by atoms with Gasteiger partial charge < -0.3 is 10.5 Å². The average Bonchev–Trinajstić information content (AvgIpc) is 2.83. The Morgan fingerprint density at radius 2 is 1.89 bits per heavy atom. The molecule has 1 aromatic carbocycles. The maximum Gasteiger partial charge on any atom is 0.352 e. The number of rotatable bonds is 2. The Kier molecular flexibility index (Phi) is 2.96. The number of benzene rings is 1. The van der Waals surface area contributed by atoms with Gasteiger partial charge in [0.2, 0.25) is 0 Å². The minimum atomic E-state index is -0.741. The van der Waals surface area contributed by atoms with Gasteiger partial charge in [-0.05, 0) is 12.1 Å². The lowest BCUT2D eigenvalue weighted by molar-refractivity contribution is 0.0162. The van der Waals surface area contributed by atoms with Crippen LogP contribution in [0.2, 0.25) is 0 Å². The molecule has 0 bridgehead atoms. The molecule has 1 aliphatic rings. The smallest absolute Gasteiger partial charge is 0.352 e. The van der Waals surface area contributed by atoms with E-state index < -0.39 is 5.66 Å². The third-order valence-electron chi connectivity index (χ3n) is 3.48. The van der Waals surface area contributed by atoms with Crippen LogP contribution >= 0.6 is 0 Å². The second kappa shape index (κ2) is 4.64. The summed E-state index contributed by atoms with van der Waals surface area (Å²) in [7, 11) is 0. The van der Waals surface area contributed by atoms with Gasteiger partial charge in [-0.2, -0.15) is 9.78 Å². The van der Waals surface area contributed by atoms with Crippen molar-refractivity contribution in [2.75, 3.05) is 13.2 Å². The van der Waals surface area contributed by atoms with Crippen molar-refractivity contribution in [3.63, 3.8) is 0 Å². The molecule has 6 nitrogen and oxygen atoms in total. The van der Waals surface area contributed by atoms with E-state index in [9.17, 15) is 4.79 Å². The largest absolute Gasteiger partial charge is 0.381 e. The molecule has 0 atom stereocenters. The normalized spacial score (nSPS) is 18.4. The number of nitrogens with two attached hydrogens (primary N) is 1. The summed E-state index contributed by atoms with van der Waals surface area (Å²) >= 11 is 0. The molecule has 6 heteroatoms. The van der Waals surface area contributed by atoms with Crippen LogP contribution in [0.3, 0.4) is 0 Å². The lowest BCUT2D eigenvalue weighted by Gasteiger charge is -2.32. The SMILES string of the molecule is NC1(n2ncn(-c3ccccc3)c2=O)CCOCC1. The van der Waals surface area contributed by atoms with E-state index in [-0.39, 0.29) is 5.69 Å². The van der Waals surface area contributed by atoms with E-state index in [4.69, 9.17) is 10.5 Å². The Labute approximate surface area is 110 Å². The highest BCUT2D eigenvalue weighted by molar-refractivity contribution is 5.30. The molecule has 2 aromatic rings. The molecule has 0 unspecified atom stereocenters. The number of hydrogen-bond donors (Lipinski definition) is 1. The van der Waals surface area contributed by atoms with Crippen molar-refractivity contribution >= 4 is 0 Å². The summed E-state index contributed by atoms with van der Waals surface area (Å²) in [6.07, 6.45) is 2.71. The molecule has 0 aliphatic carbocycles. The number of ether oxygens (including phenoxy) is 1.